The van der Waals surface area contributed by atoms with Gasteiger partial charge in [-0.1, -0.05) is 66.1 Å². The molecule has 48 heavy (non-hydrogen) atoms. The van der Waals surface area contributed by atoms with Crippen molar-refractivity contribution in [3.63, 3.8) is 0 Å². The van der Waals surface area contributed by atoms with Gasteiger partial charge in [0.05, 0.1) is 5.92 Å². The molecule has 1 saturated heterocycles. The predicted molar refractivity (Wildman–Crippen MR) is 194 cm³/mol. The molecule has 0 radical (unpaired) electrons. The number of carbonyl (C=O) groups excluding carboxylic acids is 2. The molecule has 7 rings (SSSR count). The number of hydrogen-bond acceptors (Lipinski definition) is 6. The van der Waals surface area contributed by atoms with Crippen molar-refractivity contribution in [2.75, 3.05) is 31.1 Å². The third-order valence-electron chi connectivity index (χ3n) is 17.4. The van der Waals surface area contributed by atoms with Crippen LogP contribution in [0, 0.1) is 63.1 Å². The van der Waals surface area contributed by atoms with Gasteiger partial charge in [-0.3, -0.25) is 9.69 Å². The van der Waals surface area contributed by atoms with E-state index in [-0.39, 0.29) is 34.7 Å². The van der Waals surface area contributed by atoms with E-state index >= 15 is 0 Å². The summed E-state index contributed by atoms with van der Waals surface area (Å²) in [6, 6.07) is 0.559. The summed E-state index contributed by atoms with van der Waals surface area (Å²) in [6.45, 7) is 19.7. The first kappa shape index (κ1) is 35.8. The molecule has 7 heteroatoms. The lowest BCUT2D eigenvalue weighted by molar-refractivity contribution is -0.216. The van der Waals surface area contributed by atoms with Crippen molar-refractivity contribution in [3.8, 4) is 0 Å². The smallest absolute Gasteiger partial charge is 0.309 e. The molecule has 0 aromatic heterocycles. The summed E-state index contributed by atoms with van der Waals surface area (Å²) in [7, 11) is 0. The second kappa shape index (κ2) is 12.8. The summed E-state index contributed by atoms with van der Waals surface area (Å²) in [5.74, 6) is 5.21. The largest absolute Gasteiger partial charge is 0.616 e. The van der Waals surface area contributed by atoms with Crippen molar-refractivity contribution in [1.29, 1.82) is 0 Å². The van der Waals surface area contributed by atoms with Gasteiger partial charge in [-0.2, -0.15) is 0 Å². The fourth-order valence-corrected chi connectivity index (χ4v) is 15.3. The number of rotatable bonds is 8. The highest BCUT2D eigenvalue weighted by Crippen LogP contribution is 2.71. The van der Waals surface area contributed by atoms with Gasteiger partial charge in [0.25, 0.3) is 0 Å². The molecule has 7 fully saturated rings. The van der Waals surface area contributed by atoms with Crippen molar-refractivity contribution in [2.24, 2.45) is 63.1 Å². The first-order chi connectivity index (χ1) is 22.7. The second-order valence-corrected chi connectivity index (χ2v) is 21.4. The molecule has 272 valence electrons. The number of nitrogens with zero attached hydrogens (tertiary/aromatic N) is 1. The molecule has 6 nitrogen and oxygen atoms in total. The van der Waals surface area contributed by atoms with E-state index in [9.17, 15) is 14.1 Å². The van der Waals surface area contributed by atoms with E-state index in [1.165, 1.54) is 70.6 Å². The lowest BCUT2D eigenvalue weighted by Crippen LogP contribution is -2.65. The Bertz CT molecular complexity index is 1220. The van der Waals surface area contributed by atoms with Crippen LogP contribution in [0.1, 0.15) is 132 Å². The zero-order chi connectivity index (χ0) is 34.3. The third-order valence-corrected chi connectivity index (χ3v) is 18.7. The summed E-state index contributed by atoms with van der Waals surface area (Å²) in [6.07, 6.45) is 17.1. The van der Waals surface area contributed by atoms with Crippen LogP contribution >= 0.6 is 0 Å². The van der Waals surface area contributed by atoms with Gasteiger partial charge in [0, 0.05) is 42.5 Å². The first-order valence-electron chi connectivity index (χ1n) is 20.2. The van der Waals surface area contributed by atoms with Crippen LogP contribution in [-0.2, 0) is 25.5 Å². The van der Waals surface area contributed by atoms with Gasteiger partial charge in [0.2, 0.25) is 0 Å². The summed E-state index contributed by atoms with van der Waals surface area (Å²) >= 11 is -0.617. The van der Waals surface area contributed by atoms with Crippen LogP contribution in [0.5, 0.6) is 0 Å². The molecule has 0 aromatic rings. The monoisotopic (exact) mass is 684 g/mol. The highest BCUT2D eigenvalue weighted by Gasteiger charge is 2.66. The second-order valence-electron chi connectivity index (χ2n) is 19.7. The molecule has 1 aliphatic heterocycles. The van der Waals surface area contributed by atoms with E-state index < -0.39 is 11.2 Å². The minimum Gasteiger partial charge on any atom is -0.616 e. The van der Waals surface area contributed by atoms with Crippen LogP contribution in [0.25, 0.3) is 0 Å². The standard InChI is InChI=1S/C41H68N2O4S/c1-8-28(43-20-22-48(46)23-21-43)25-42-41-16-9-10-32(41)31-12-11-30-29(39(31,6)18-19-41)13-14-34-38(4,5)35(15-17-40(30,34)7)47-36(45)33-24-27(26-44)37(33,2)3/h26-35,42H,8-25H2,1-7H3/t27?,28?,29?,30?,31?,32?,33?,34?,35?,39-,40?,41?/m0/s1. The Morgan fingerprint density at radius 2 is 1.54 bits per heavy atom. The Morgan fingerprint density at radius 1 is 0.875 bits per heavy atom. The normalized spacial score (nSPS) is 47.4. The molecule has 0 aromatic carbocycles. The molecule has 11 unspecified atom stereocenters. The quantitative estimate of drug-likeness (QED) is 0.163. The third kappa shape index (κ3) is 5.51. The van der Waals surface area contributed by atoms with Crippen LogP contribution in [0.2, 0.25) is 0 Å². The topological polar surface area (TPSA) is 81.7 Å². The SMILES string of the molecule is CCC(CNC12CCCC1C1CCC3C(CCC4C(C)(C)C(OC(=O)C5CC(C=O)C5(C)C)CCC34C)[C@]1(C)CC2)N1CC[S+]([O-])CC1. The average Bonchev–Trinajstić information content (AvgIpc) is 3.47. The Morgan fingerprint density at radius 3 is 2.21 bits per heavy atom. The molecule has 0 amide bonds. The van der Waals surface area contributed by atoms with Crippen LogP contribution in [0.15, 0.2) is 0 Å². The van der Waals surface area contributed by atoms with Gasteiger partial charge in [0.15, 0.2) is 0 Å². The number of carbonyl (C=O) groups is 2. The van der Waals surface area contributed by atoms with E-state index in [0.29, 0.717) is 34.7 Å². The van der Waals surface area contributed by atoms with E-state index in [1.54, 1.807) is 0 Å². The van der Waals surface area contributed by atoms with Crippen LogP contribution in [0.4, 0.5) is 0 Å². The highest BCUT2D eigenvalue weighted by atomic mass is 32.2. The number of aldehydes is 1. The molecule has 7 aliphatic rings. The molecule has 6 aliphatic carbocycles. The van der Waals surface area contributed by atoms with Gasteiger partial charge in [-0.25, -0.2) is 0 Å². The Kier molecular flexibility index (Phi) is 9.53. The summed E-state index contributed by atoms with van der Waals surface area (Å²) < 4.78 is 18.5. The number of nitrogens with one attached hydrogen (secondary N) is 1. The molecular weight excluding hydrogens is 617 g/mol. The summed E-state index contributed by atoms with van der Waals surface area (Å²) in [5.41, 5.74) is 0.708. The zero-order valence-electron chi connectivity index (χ0n) is 31.5. The molecule has 1 N–H and O–H groups in total. The maximum absolute atomic E-state index is 13.5. The van der Waals surface area contributed by atoms with E-state index in [4.69, 9.17) is 4.74 Å². The summed E-state index contributed by atoms with van der Waals surface area (Å²) in [4.78, 5) is 27.6. The van der Waals surface area contributed by atoms with Crippen molar-refractivity contribution in [2.45, 2.75) is 150 Å². The highest BCUT2D eigenvalue weighted by molar-refractivity contribution is 7.91. The van der Waals surface area contributed by atoms with Crippen molar-refractivity contribution >= 4 is 23.4 Å². The molecule has 0 spiro atoms. The number of fused-ring (bicyclic) bond motifs is 7. The Labute approximate surface area is 295 Å². The van der Waals surface area contributed by atoms with Gasteiger partial charge in [-0.05, 0) is 123 Å². The minimum absolute atomic E-state index is 0.0310. The predicted octanol–water partition coefficient (Wildman–Crippen LogP) is 7.41. The minimum atomic E-state index is -0.617. The molecule has 0 bridgehead atoms. The average molecular weight is 685 g/mol. The number of esters is 1. The number of ether oxygens (including phenoxy) is 1. The van der Waals surface area contributed by atoms with Gasteiger partial charge in [0.1, 0.15) is 23.9 Å². The molecule has 1 heterocycles. The molecule has 6 saturated carbocycles. The van der Waals surface area contributed by atoms with Crippen molar-refractivity contribution in [1.82, 2.24) is 10.2 Å². The maximum Gasteiger partial charge on any atom is 0.309 e. The number of hydrogen-bond donors (Lipinski definition) is 1. The van der Waals surface area contributed by atoms with Crippen LogP contribution < -0.4 is 5.32 Å². The van der Waals surface area contributed by atoms with Crippen LogP contribution in [-0.4, -0.2) is 70.5 Å². The van der Waals surface area contributed by atoms with Crippen LogP contribution in [0.3, 0.4) is 0 Å². The van der Waals surface area contributed by atoms with Gasteiger partial charge in [-0.15, -0.1) is 0 Å². The van der Waals surface area contributed by atoms with Crippen molar-refractivity contribution < 1.29 is 18.9 Å². The van der Waals surface area contributed by atoms with E-state index in [0.717, 1.165) is 67.5 Å². The summed E-state index contributed by atoms with van der Waals surface area (Å²) in [5, 5.41) is 4.31. The van der Waals surface area contributed by atoms with Crippen molar-refractivity contribution in [3.05, 3.63) is 0 Å². The van der Waals surface area contributed by atoms with Gasteiger partial charge >= 0.3 is 5.97 Å². The fraction of sp³-hybridized carbons (Fsp3) is 0.951. The molecular formula is C41H68N2O4S. The maximum atomic E-state index is 13.5. The van der Waals surface area contributed by atoms with E-state index in [2.05, 4.69) is 58.7 Å². The lowest BCUT2D eigenvalue weighted by Gasteiger charge is -2.68. The van der Waals surface area contributed by atoms with Gasteiger partial charge < -0.3 is 19.4 Å². The molecule has 12 atom stereocenters. The Hall–Kier alpha value is -0.630. The fourth-order valence-electron chi connectivity index (χ4n) is 14.2. The van der Waals surface area contributed by atoms with E-state index in [1.807, 2.05) is 0 Å². The zero-order valence-corrected chi connectivity index (χ0v) is 32.3. The Balaban J connectivity index is 1.03. The first-order valence-corrected chi connectivity index (χ1v) is 21.7. The lowest BCUT2D eigenvalue weighted by atomic mass is 9.37.